The Labute approximate surface area is 162 Å². The van der Waals surface area contributed by atoms with Gasteiger partial charge in [-0.15, -0.1) is 0 Å². The molecule has 0 bridgehead atoms. The normalized spacial score (nSPS) is 27.0. The van der Waals surface area contributed by atoms with Crippen molar-refractivity contribution in [2.45, 2.75) is 45.1 Å². The molecule has 0 spiro atoms. The van der Waals surface area contributed by atoms with E-state index in [4.69, 9.17) is 4.98 Å². The molecule has 8 nitrogen and oxygen atoms in total. The van der Waals surface area contributed by atoms with Crippen molar-refractivity contribution in [1.82, 2.24) is 18.6 Å². The van der Waals surface area contributed by atoms with Crippen LogP contribution < -0.4 is 4.90 Å². The minimum Gasteiger partial charge on any atom is -0.389 e. The summed E-state index contributed by atoms with van der Waals surface area (Å²) in [6.07, 6.45) is 2.93. The second-order valence-electron chi connectivity index (χ2n) is 7.93. The molecule has 0 unspecified atom stereocenters. The highest BCUT2D eigenvalue weighted by molar-refractivity contribution is 7.86. The van der Waals surface area contributed by atoms with E-state index in [9.17, 15) is 13.5 Å². The van der Waals surface area contributed by atoms with Crippen molar-refractivity contribution in [3.63, 3.8) is 0 Å². The standard InChI is InChI=1S/C18H31N5O3S/c1-5-6-16-19-14(2)11-17(20-16)22-9-7-18(24)8-10-23(13-15(18)12-22)27(25,26)21(3)4/h11,15,24H,5-10,12-13H2,1-4H3/t15-,18-/m1/s1. The number of nitrogens with zero attached hydrogens (tertiary/aromatic N) is 5. The lowest BCUT2D eigenvalue weighted by Gasteiger charge is -2.50. The topological polar surface area (TPSA) is 89.9 Å². The van der Waals surface area contributed by atoms with E-state index in [1.807, 2.05) is 13.0 Å². The van der Waals surface area contributed by atoms with Crippen LogP contribution in [0.3, 0.4) is 0 Å². The van der Waals surface area contributed by atoms with E-state index in [-0.39, 0.29) is 5.92 Å². The van der Waals surface area contributed by atoms with Gasteiger partial charge in [-0.3, -0.25) is 0 Å². The maximum absolute atomic E-state index is 12.5. The Morgan fingerprint density at radius 1 is 1.26 bits per heavy atom. The fourth-order valence-electron chi connectivity index (χ4n) is 4.03. The Morgan fingerprint density at radius 2 is 1.96 bits per heavy atom. The number of hydrogen-bond acceptors (Lipinski definition) is 6. The molecule has 3 rings (SSSR count). The maximum Gasteiger partial charge on any atom is 0.281 e. The van der Waals surface area contributed by atoms with Crippen LogP contribution in [0.2, 0.25) is 0 Å². The molecule has 1 aromatic heterocycles. The van der Waals surface area contributed by atoms with Crippen LogP contribution in [0.15, 0.2) is 6.07 Å². The summed E-state index contributed by atoms with van der Waals surface area (Å²) in [4.78, 5) is 11.4. The highest BCUT2D eigenvalue weighted by Crippen LogP contribution is 2.37. The van der Waals surface area contributed by atoms with Gasteiger partial charge in [-0.1, -0.05) is 6.92 Å². The van der Waals surface area contributed by atoms with Gasteiger partial charge in [0.05, 0.1) is 5.60 Å². The average molecular weight is 398 g/mol. The van der Waals surface area contributed by atoms with Crippen LogP contribution in [0.5, 0.6) is 0 Å². The number of aryl methyl sites for hydroxylation is 2. The van der Waals surface area contributed by atoms with Gasteiger partial charge in [-0.05, 0) is 26.2 Å². The molecule has 1 aromatic rings. The fourth-order valence-corrected chi connectivity index (χ4v) is 5.18. The van der Waals surface area contributed by atoms with Gasteiger partial charge in [0.2, 0.25) is 0 Å². The average Bonchev–Trinajstić information content (AvgIpc) is 2.60. The Bertz CT molecular complexity index is 785. The van der Waals surface area contributed by atoms with E-state index in [1.165, 1.54) is 8.61 Å². The minimum absolute atomic E-state index is 0.139. The van der Waals surface area contributed by atoms with E-state index in [0.29, 0.717) is 32.5 Å². The van der Waals surface area contributed by atoms with Gasteiger partial charge in [0.15, 0.2) is 0 Å². The van der Waals surface area contributed by atoms with Gasteiger partial charge < -0.3 is 10.0 Å². The molecule has 27 heavy (non-hydrogen) atoms. The van der Waals surface area contributed by atoms with Crippen molar-refractivity contribution < 1.29 is 13.5 Å². The molecular weight excluding hydrogens is 366 g/mol. The molecule has 9 heteroatoms. The number of piperidine rings is 2. The molecule has 2 saturated heterocycles. The van der Waals surface area contributed by atoms with Crippen LogP contribution in [-0.4, -0.2) is 78.0 Å². The van der Waals surface area contributed by atoms with E-state index >= 15 is 0 Å². The molecule has 3 heterocycles. The second-order valence-corrected chi connectivity index (χ2v) is 10.1. The van der Waals surface area contributed by atoms with Crippen LogP contribution >= 0.6 is 0 Å². The van der Waals surface area contributed by atoms with Crippen LogP contribution in [-0.2, 0) is 16.6 Å². The molecule has 0 aliphatic carbocycles. The van der Waals surface area contributed by atoms with E-state index in [1.54, 1.807) is 14.1 Å². The number of aromatic nitrogens is 2. The maximum atomic E-state index is 12.5. The summed E-state index contributed by atoms with van der Waals surface area (Å²) in [5, 5.41) is 11.1. The summed E-state index contributed by atoms with van der Waals surface area (Å²) in [6.45, 7) is 6.08. The SMILES string of the molecule is CCCc1nc(C)cc(N2CC[C@@]3(O)CCN(S(=O)(=O)N(C)C)C[C@H]3C2)n1. The Kier molecular flexibility index (Phi) is 5.77. The molecule has 2 aliphatic heterocycles. The summed E-state index contributed by atoms with van der Waals surface area (Å²) in [7, 11) is -0.381. The number of hydrogen-bond donors (Lipinski definition) is 1. The highest BCUT2D eigenvalue weighted by atomic mass is 32.2. The molecule has 0 saturated carbocycles. The summed E-state index contributed by atoms with van der Waals surface area (Å²) in [5.74, 6) is 1.58. The Morgan fingerprint density at radius 3 is 2.63 bits per heavy atom. The third-order valence-corrected chi connectivity index (χ3v) is 7.61. The van der Waals surface area contributed by atoms with Crippen molar-refractivity contribution >= 4 is 16.0 Å². The zero-order valence-corrected chi connectivity index (χ0v) is 17.5. The molecule has 1 N–H and O–H groups in total. The van der Waals surface area contributed by atoms with Crippen LogP contribution in [0.1, 0.15) is 37.7 Å². The molecule has 152 valence electrons. The minimum atomic E-state index is -3.47. The lowest BCUT2D eigenvalue weighted by atomic mass is 9.76. The van der Waals surface area contributed by atoms with Crippen molar-refractivity contribution in [3.05, 3.63) is 17.6 Å². The quantitative estimate of drug-likeness (QED) is 0.791. The highest BCUT2D eigenvalue weighted by Gasteiger charge is 2.47. The van der Waals surface area contributed by atoms with Crippen molar-refractivity contribution in [3.8, 4) is 0 Å². The Hall–Kier alpha value is -1.29. The number of fused-ring (bicyclic) bond motifs is 1. The third kappa shape index (κ3) is 4.11. The predicted molar refractivity (Wildman–Crippen MR) is 105 cm³/mol. The lowest BCUT2D eigenvalue weighted by molar-refractivity contribution is -0.0695. The molecule has 0 amide bonds. The van der Waals surface area contributed by atoms with Gasteiger partial charge in [-0.25, -0.2) is 9.97 Å². The van der Waals surface area contributed by atoms with Gasteiger partial charge in [0.25, 0.3) is 10.2 Å². The number of aliphatic hydroxyl groups is 1. The summed E-state index contributed by atoms with van der Waals surface area (Å²) in [6, 6.07) is 1.97. The molecule has 2 aliphatic rings. The molecule has 2 fully saturated rings. The molecule has 0 radical (unpaired) electrons. The van der Waals surface area contributed by atoms with Crippen molar-refractivity contribution in [2.75, 3.05) is 45.2 Å². The summed E-state index contributed by atoms with van der Waals surface area (Å²) >= 11 is 0. The molecule has 2 atom stereocenters. The van der Waals surface area contributed by atoms with E-state index in [2.05, 4.69) is 16.8 Å². The first kappa shape index (κ1) is 20.4. The van der Waals surface area contributed by atoms with E-state index < -0.39 is 15.8 Å². The largest absolute Gasteiger partial charge is 0.389 e. The number of anilines is 1. The summed E-state index contributed by atoms with van der Waals surface area (Å²) in [5.41, 5.74) is 0.133. The zero-order valence-electron chi connectivity index (χ0n) is 16.7. The second kappa shape index (κ2) is 7.62. The molecule has 0 aromatic carbocycles. The van der Waals surface area contributed by atoms with Gasteiger partial charge in [0, 0.05) is 64.4 Å². The zero-order chi connectivity index (χ0) is 19.8. The van der Waals surface area contributed by atoms with Crippen LogP contribution in [0.4, 0.5) is 5.82 Å². The van der Waals surface area contributed by atoms with Crippen molar-refractivity contribution in [2.24, 2.45) is 5.92 Å². The molecular formula is C18H31N5O3S. The first-order chi connectivity index (χ1) is 12.7. The first-order valence-electron chi connectivity index (χ1n) is 9.65. The van der Waals surface area contributed by atoms with Crippen molar-refractivity contribution in [1.29, 1.82) is 0 Å². The van der Waals surface area contributed by atoms with E-state index in [0.717, 1.165) is 36.7 Å². The Balaban J connectivity index is 1.80. The van der Waals surface area contributed by atoms with Crippen LogP contribution in [0.25, 0.3) is 0 Å². The summed E-state index contributed by atoms with van der Waals surface area (Å²) < 4.78 is 27.8. The van der Waals surface area contributed by atoms with Gasteiger partial charge in [0.1, 0.15) is 11.6 Å². The monoisotopic (exact) mass is 397 g/mol. The van der Waals surface area contributed by atoms with Gasteiger partial charge in [-0.2, -0.15) is 17.0 Å². The number of rotatable bonds is 5. The first-order valence-corrected chi connectivity index (χ1v) is 11.0. The van der Waals surface area contributed by atoms with Gasteiger partial charge >= 0.3 is 0 Å². The van der Waals surface area contributed by atoms with Crippen LogP contribution in [0, 0.1) is 12.8 Å². The lowest BCUT2D eigenvalue weighted by Crippen LogP contribution is -2.61. The smallest absolute Gasteiger partial charge is 0.281 e. The fraction of sp³-hybridized carbons (Fsp3) is 0.778. The third-order valence-electron chi connectivity index (χ3n) is 5.71. The predicted octanol–water partition coefficient (Wildman–Crippen LogP) is 0.807.